The average molecular weight is 182 g/mol. The summed E-state index contributed by atoms with van der Waals surface area (Å²) >= 11 is 0. The van der Waals surface area contributed by atoms with Crippen molar-refractivity contribution < 1.29 is 4.42 Å². The highest BCUT2D eigenvalue weighted by Crippen LogP contribution is 2.44. The Hall–Kier alpha value is -1.10. The summed E-state index contributed by atoms with van der Waals surface area (Å²) < 4.78 is 5.20. The Balaban J connectivity index is 1.87. The molecular formula is C8H14N4O. The summed E-state index contributed by atoms with van der Waals surface area (Å²) in [5.74, 6) is 0.475. The van der Waals surface area contributed by atoms with Crippen molar-refractivity contribution in [2.24, 2.45) is 11.1 Å². The first-order valence-corrected chi connectivity index (χ1v) is 4.48. The summed E-state index contributed by atoms with van der Waals surface area (Å²) in [4.78, 5) is 0. The molecule has 0 saturated heterocycles. The topological polar surface area (TPSA) is 77.0 Å². The Morgan fingerprint density at radius 3 is 2.85 bits per heavy atom. The van der Waals surface area contributed by atoms with E-state index in [2.05, 4.69) is 22.4 Å². The maximum Gasteiger partial charge on any atom is 0.315 e. The highest BCUT2D eigenvalue weighted by molar-refractivity contribution is 5.19. The Kier molecular flexibility index (Phi) is 1.95. The molecule has 1 saturated carbocycles. The molecule has 3 N–H and O–H groups in total. The summed E-state index contributed by atoms with van der Waals surface area (Å²) in [5, 5.41) is 10.7. The smallest absolute Gasteiger partial charge is 0.315 e. The lowest BCUT2D eigenvalue weighted by Crippen LogP contribution is -2.11. The molecule has 1 aromatic rings. The highest BCUT2D eigenvalue weighted by Gasteiger charge is 2.37. The van der Waals surface area contributed by atoms with Crippen molar-refractivity contribution in [2.75, 3.05) is 11.9 Å². The first-order chi connectivity index (χ1) is 6.22. The monoisotopic (exact) mass is 182 g/mol. The average Bonchev–Trinajstić information content (AvgIpc) is 2.69. The van der Waals surface area contributed by atoms with Gasteiger partial charge in [0.15, 0.2) is 0 Å². The van der Waals surface area contributed by atoms with Crippen LogP contribution in [-0.4, -0.2) is 16.7 Å². The fourth-order valence-corrected chi connectivity index (χ4v) is 1.09. The second-order valence-electron chi connectivity index (χ2n) is 3.87. The van der Waals surface area contributed by atoms with Crippen molar-refractivity contribution in [3.63, 3.8) is 0 Å². The lowest BCUT2D eigenvalue weighted by molar-refractivity contribution is 0.498. The van der Waals surface area contributed by atoms with E-state index in [9.17, 15) is 0 Å². The maximum atomic E-state index is 5.33. The van der Waals surface area contributed by atoms with E-state index in [-0.39, 0.29) is 0 Å². The van der Waals surface area contributed by atoms with Crippen LogP contribution < -0.4 is 11.1 Å². The molecule has 13 heavy (non-hydrogen) atoms. The van der Waals surface area contributed by atoms with Crippen LogP contribution in [0.1, 0.15) is 25.7 Å². The standard InChI is InChI=1S/C8H14N4O/c1-8(2-3-8)5-10-7-12-11-6(4-9)13-7/h2-5,9H2,1H3,(H,10,12). The molecule has 1 aromatic heterocycles. The van der Waals surface area contributed by atoms with Crippen LogP contribution in [0, 0.1) is 5.41 Å². The molecule has 2 rings (SSSR count). The predicted molar refractivity (Wildman–Crippen MR) is 48.0 cm³/mol. The zero-order chi connectivity index (χ0) is 9.31. The van der Waals surface area contributed by atoms with Crippen molar-refractivity contribution >= 4 is 6.01 Å². The first kappa shape index (κ1) is 8.50. The minimum Gasteiger partial charge on any atom is -0.407 e. The molecule has 1 aliphatic carbocycles. The third kappa shape index (κ3) is 1.98. The van der Waals surface area contributed by atoms with Crippen LogP contribution in [-0.2, 0) is 6.54 Å². The van der Waals surface area contributed by atoms with Crippen LogP contribution >= 0.6 is 0 Å². The molecule has 1 fully saturated rings. The van der Waals surface area contributed by atoms with Gasteiger partial charge in [-0.2, -0.15) is 0 Å². The molecule has 1 heterocycles. The van der Waals surface area contributed by atoms with Crippen molar-refractivity contribution in [3.05, 3.63) is 5.89 Å². The molecule has 0 aromatic carbocycles. The van der Waals surface area contributed by atoms with Gasteiger partial charge in [-0.15, -0.1) is 5.10 Å². The molecule has 0 atom stereocenters. The number of nitrogens with one attached hydrogen (secondary N) is 1. The normalized spacial score (nSPS) is 18.6. The predicted octanol–water partition coefficient (Wildman–Crippen LogP) is 0.740. The van der Waals surface area contributed by atoms with E-state index in [1.807, 2.05) is 0 Å². The first-order valence-electron chi connectivity index (χ1n) is 4.48. The van der Waals surface area contributed by atoms with Gasteiger partial charge in [-0.05, 0) is 18.3 Å². The Bertz CT molecular complexity index is 292. The summed E-state index contributed by atoms with van der Waals surface area (Å²) in [6.07, 6.45) is 2.55. The van der Waals surface area contributed by atoms with Gasteiger partial charge in [0.1, 0.15) is 0 Å². The van der Waals surface area contributed by atoms with Gasteiger partial charge in [0.2, 0.25) is 5.89 Å². The van der Waals surface area contributed by atoms with Gasteiger partial charge >= 0.3 is 6.01 Å². The van der Waals surface area contributed by atoms with Crippen LogP contribution in [0.15, 0.2) is 4.42 Å². The third-order valence-electron chi connectivity index (χ3n) is 2.41. The molecule has 72 valence electrons. The molecule has 0 spiro atoms. The van der Waals surface area contributed by atoms with Gasteiger partial charge < -0.3 is 15.5 Å². The van der Waals surface area contributed by atoms with Crippen molar-refractivity contribution in [2.45, 2.75) is 26.3 Å². The number of nitrogens with zero attached hydrogens (tertiary/aromatic N) is 2. The summed E-state index contributed by atoms with van der Waals surface area (Å²) in [6.45, 7) is 3.44. The molecule has 1 aliphatic rings. The zero-order valence-corrected chi connectivity index (χ0v) is 7.71. The molecule has 5 heteroatoms. The molecule has 5 nitrogen and oxygen atoms in total. The fraction of sp³-hybridized carbons (Fsp3) is 0.750. The van der Waals surface area contributed by atoms with Crippen molar-refractivity contribution in [1.82, 2.24) is 10.2 Å². The van der Waals surface area contributed by atoms with Crippen LogP contribution in [0.5, 0.6) is 0 Å². The second kappa shape index (κ2) is 2.99. The van der Waals surface area contributed by atoms with E-state index in [0.29, 0.717) is 23.9 Å². The van der Waals surface area contributed by atoms with Crippen molar-refractivity contribution in [3.8, 4) is 0 Å². The molecular weight excluding hydrogens is 168 g/mol. The van der Waals surface area contributed by atoms with Crippen LogP contribution in [0.3, 0.4) is 0 Å². The van der Waals surface area contributed by atoms with Gasteiger partial charge in [-0.1, -0.05) is 12.0 Å². The minimum absolute atomic E-state index is 0.298. The second-order valence-corrected chi connectivity index (χ2v) is 3.87. The summed E-state index contributed by atoms with van der Waals surface area (Å²) in [5.41, 5.74) is 5.78. The van der Waals surface area contributed by atoms with Crippen molar-refractivity contribution in [1.29, 1.82) is 0 Å². The lowest BCUT2D eigenvalue weighted by Gasteiger charge is -2.06. The SMILES string of the molecule is CC1(CNc2nnc(CN)o2)CC1. The fourth-order valence-electron chi connectivity index (χ4n) is 1.09. The number of hydrogen-bond donors (Lipinski definition) is 2. The van der Waals surface area contributed by atoms with Gasteiger partial charge in [-0.3, -0.25) is 0 Å². The number of anilines is 1. The Labute approximate surface area is 76.7 Å². The van der Waals surface area contributed by atoms with Crippen LogP contribution in [0.4, 0.5) is 6.01 Å². The number of hydrogen-bond acceptors (Lipinski definition) is 5. The van der Waals surface area contributed by atoms with E-state index in [1.165, 1.54) is 12.8 Å². The number of rotatable bonds is 4. The molecule has 0 radical (unpaired) electrons. The Morgan fingerprint density at radius 2 is 2.31 bits per heavy atom. The number of nitrogens with two attached hydrogens (primary N) is 1. The molecule has 0 amide bonds. The van der Waals surface area contributed by atoms with Gasteiger partial charge in [0.25, 0.3) is 0 Å². The molecule has 0 unspecified atom stereocenters. The molecule has 0 aliphatic heterocycles. The summed E-state index contributed by atoms with van der Waals surface area (Å²) in [6, 6.07) is 0.480. The van der Waals surface area contributed by atoms with Gasteiger partial charge in [0.05, 0.1) is 6.54 Å². The number of aromatic nitrogens is 2. The summed E-state index contributed by atoms with van der Waals surface area (Å²) in [7, 11) is 0. The van der Waals surface area contributed by atoms with Crippen LogP contribution in [0.25, 0.3) is 0 Å². The Morgan fingerprint density at radius 1 is 1.54 bits per heavy atom. The lowest BCUT2D eigenvalue weighted by atomic mass is 10.1. The van der Waals surface area contributed by atoms with E-state index >= 15 is 0 Å². The van der Waals surface area contributed by atoms with Gasteiger partial charge in [0, 0.05) is 6.54 Å². The minimum atomic E-state index is 0.298. The third-order valence-corrected chi connectivity index (χ3v) is 2.41. The van der Waals surface area contributed by atoms with E-state index in [0.717, 1.165) is 6.54 Å². The largest absolute Gasteiger partial charge is 0.407 e. The zero-order valence-electron chi connectivity index (χ0n) is 7.71. The quantitative estimate of drug-likeness (QED) is 0.718. The maximum absolute atomic E-state index is 5.33. The van der Waals surface area contributed by atoms with Gasteiger partial charge in [-0.25, -0.2) is 0 Å². The van der Waals surface area contributed by atoms with E-state index in [4.69, 9.17) is 10.2 Å². The van der Waals surface area contributed by atoms with Crippen LogP contribution in [0.2, 0.25) is 0 Å². The highest BCUT2D eigenvalue weighted by atomic mass is 16.4. The van der Waals surface area contributed by atoms with E-state index in [1.54, 1.807) is 0 Å². The molecule has 0 bridgehead atoms. The van der Waals surface area contributed by atoms with E-state index < -0.39 is 0 Å².